The van der Waals surface area contributed by atoms with Crippen LogP contribution in [-0.2, 0) is 0 Å². The molecular weight excluding hydrogens is 190 g/mol. The molecule has 0 aliphatic rings. The summed E-state index contributed by atoms with van der Waals surface area (Å²) >= 11 is 0. The Bertz CT molecular complexity index is 188. The molecule has 0 heterocycles. The van der Waals surface area contributed by atoms with Crippen LogP contribution in [-0.4, -0.2) is 44.1 Å². The highest BCUT2D eigenvalue weighted by Gasteiger charge is 2.04. The Morgan fingerprint density at radius 3 is 2.33 bits per heavy atom. The van der Waals surface area contributed by atoms with E-state index in [4.69, 9.17) is 5.84 Å². The lowest BCUT2D eigenvalue weighted by Gasteiger charge is -2.21. The Morgan fingerprint density at radius 2 is 1.93 bits per heavy atom. The summed E-state index contributed by atoms with van der Waals surface area (Å²) < 4.78 is 0. The van der Waals surface area contributed by atoms with Crippen LogP contribution in [0.4, 0.5) is 0 Å². The van der Waals surface area contributed by atoms with Gasteiger partial charge in [0.25, 0.3) is 0 Å². The minimum Gasteiger partial charge on any atom is -0.354 e. The lowest BCUT2D eigenvalue weighted by molar-refractivity contribution is 0.312. The predicted octanol–water partition coefficient (Wildman–Crippen LogP) is 0.00140. The van der Waals surface area contributed by atoms with E-state index in [1.165, 1.54) is 0 Å². The molecule has 0 aromatic carbocycles. The molecule has 90 valence electrons. The van der Waals surface area contributed by atoms with Crippen molar-refractivity contribution in [2.75, 3.05) is 27.2 Å². The average Bonchev–Trinajstić information content (AvgIpc) is 2.17. The zero-order valence-electron chi connectivity index (χ0n) is 10.5. The summed E-state index contributed by atoms with van der Waals surface area (Å²) in [6.45, 7) is 8.00. The van der Waals surface area contributed by atoms with Crippen molar-refractivity contribution in [1.29, 1.82) is 0 Å². The highest BCUT2D eigenvalue weighted by atomic mass is 15.3. The van der Waals surface area contributed by atoms with Gasteiger partial charge in [0, 0.05) is 19.1 Å². The van der Waals surface area contributed by atoms with Gasteiger partial charge in [0.15, 0.2) is 0 Å². The zero-order valence-corrected chi connectivity index (χ0v) is 10.5. The fraction of sp³-hybridized carbons (Fsp3) is 0.900. The molecule has 0 aliphatic heterocycles. The van der Waals surface area contributed by atoms with Crippen LogP contribution in [0.25, 0.3) is 0 Å². The third-order valence-electron chi connectivity index (χ3n) is 2.20. The van der Waals surface area contributed by atoms with Crippen LogP contribution in [0.15, 0.2) is 4.99 Å². The molecule has 0 rings (SSSR count). The fourth-order valence-electron chi connectivity index (χ4n) is 0.853. The average molecular weight is 215 g/mol. The molecule has 0 bridgehead atoms. The van der Waals surface area contributed by atoms with E-state index in [-0.39, 0.29) is 0 Å². The van der Waals surface area contributed by atoms with Gasteiger partial charge in [-0.3, -0.25) is 10.4 Å². The Labute approximate surface area is 93.1 Å². The van der Waals surface area contributed by atoms with Crippen LogP contribution >= 0.6 is 0 Å². The second-order valence-electron chi connectivity index (χ2n) is 4.42. The van der Waals surface area contributed by atoms with Gasteiger partial charge < -0.3 is 10.2 Å². The van der Waals surface area contributed by atoms with Crippen molar-refractivity contribution in [2.45, 2.75) is 26.8 Å². The number of guanidine groups is 1. The van der Waals surface area contributed by atoms with Crippen molar-refractivity contribution in [1.82, 2.24) is 15.6 Å². The minimum atomic E-state index is 0.447. The Hall–Kier alpha value is -0.810. The maximum atomic E-state index is 5.36. The third-order valence-corrected chi connectivity index (χ3v) is 2.20. The topological polar surface area (TPSA) is 65.7 Å². The van der Waals surface area contributed by atoms with E-state index in [1.54, 1.807) is 0 Å². The van der Waals surface area contributed by atoms with Crippen molar-refractivity contribution in [3.8, 4) is 0 Å². The van der Waals surface area contributed by atoms with Gasteiger partial charge in [0.05, 0.1) is 0 Å². The summed E-state index contributed by atoms with van der Waals surface area (Å²) in [4.78, 5) is 6.47. The lowest BCUT2D eigenvalue weighted by Crippen LogP contribution is -2.46. The molecular formula is C10H25N5. The van der Waals surface area contributed by atoms with Gasteiger partial charge in [0.2, 0.25) is 5.96 Å². The predicted molar refractivity (Wildman–Crippen MR) is 65.6 cm³/mol. The van der Waals surface area contributed by atoms with Gasteiger partial charge >= 0.3 is 0 Å². The minimum absolute atomic E-state index is 0.447. The van der Waals surface area contributed by atoms with Crippen LogP contribution < -0.4 is 16.6 Å². The molecule has 0 fully saturated rings. The maximum Gasteiger partial charge on any atom is 0.205 e. The van der Waals surface area contributed by atoms with Gasteiger partial charge in [-0.2, -0.15) is 0 Å². The van der Waals surface area contributed by atoms with Crippen LogP contribution in [0.5, 0.6) is 0 Å². The smallest absolute Gasteiger partial charge is 0.205 e. The number of hydrogen-bond acceptors (Lipinski definition) is 3. The Kier molecular flexibility index (Phi) is 7.07. The number of likely N-dealkylation sites (N-methyl/N-ethyl adjacent to an activating group) is 1. The van der Waals surface area contributed by atoms with Crippen molar-refractivity contribution in [3.63, 3.8) is 0 Å². The number of nitrogens with zero attached hydrogens (tertiary/aromatic N) is 2. The van der Waals surface area contributed by atoms with Crippen molar-refractivity contribution in [2.24, 2.45) is 16.8 Å². The van der Waals surface area contributed by atoms with Crippen molar-refractivity contribution in [3.05, 3.63) is 0 Å². The number of nitrogens with one attached hydrogen (secondary N) is 2. The van der Waals surface area contributed by atoms with Crippen LogP contribution in [0.1, 0.15) is 20.8 Å². The molecule has 1 atom stereocenters. The Morgan fingerprint density at radius 1 is 1.33 bits per heavy atom. The van der Waals surface area contributed by atoms with Crippen LogP contribution in [0.2, 0.25) is 0 Å². The third kappa shape index (κ3) is 7.16. The number of rotatable bonds is 5. The van der Waals surface area contributed by atoms with Crippen LogP contribution in [0, 0.1) is 5.92 Å². The molecule has 1 unspecified atom stereocenters. The quantitative estimate of drug-likeness (QED) is 0.261. The van der Waals surface area contributed by atoms with E-state index in [0.717, 1.165) is 13.1 Å². The normalized spacial score (nSPS) is 14.5. The molecule has 0 radical (unpaired) electrons. The summed E-state index contributed by atoms with van der Waals surface area (Å²) in [5.74, 6) is 6.57. The standard InChI is InChI=1S/C10H25N5/c1-8(2)6-12-10(14-11)13-7-9(3)15(4)5/h8-9H,6-7,11H2,1-5H3,(H2,12,13,14). The fourth-order valence-corrected chi connectivity index (χ4v) is 0.853. The first kappa shape index (κ1) is 14.2. The first-order valence-electron chi connectivity index (χ1n) is 5.38. The van der Waals surface area contributed by atoms with E-state index in [2.05, 4.69) is 41.4 Å². The first-order valence-corrected chi connectivity index (χ1v) is 5.38. The van der Waals surface area contributed by atoms with Gasteiger partial charge in [-0.25, -0.2) is 5.84 Å². The second-order valence-corrected chi connectivity index (χ2v) is 4.42. The molecule has 0 saturated carbocycles. The molecule has 0 amide bonds. The van der Waals surface area contributed by atoms with E-state index in [0.29, 0.717) is 17.9 Å². The first-order chi connectivity index (χ1) is 6.97. The van der Waals surface area contributed by atoms with E-state index < -0.39 is 0 Å². The lowest BCUT2D eigenvalue weighted by atomic mass is 10.2. The Balaban J connectivity index is 3.94. The number of aliphatic imine (C=N–C) groups is 1. The molecule has 0 aliphatic carbocycles. The maximum absolute atomic E-state index is 5.36. The molecule has 4 N–H and O–H groups in total. The van der Waals surface area contributed by atoms with Crippen molar-refractivity contribution < 1.29 is 0 Å². The van der Waals surface area contributed by atoms with Crippen molar-refractivity contribution >= 4 is 5.96 Å². The van der Waals surface area contributed by atoms with Gasteiger partial charge in [0.1, 0.15) is 0 Å². The van der Waals surface area contributed by atoms with E-state index >= 15 is 0 Å². The van der Waals surface area contributed by atoms with Gasteiger partial charge in [-0.1, -0.05) is 13.8 Å². The molecule has 0 aromatic rings. The zero-order chi connectivity index (χ0) is 11.8. The van der Waals surface area contributed by atoms with E-state index in [9.17, 15) is 0 Å². The SMILES string of the molecule is CC(C)CN=C(NN)NCC(C)N(C)C. The summed E-state index contributed by atoms with van der Waals surface area (Å²) in [6, 6.07) is 0.447. The molecule has 0 spiro atoms. The summed E-state index contributed by atoms with van der Waals surface area (Å²) in [5.41, 5.74) is 2.57. The summed E-state index contributed by atoms with van der Waals surface area (Å²) in [5, 5.41) is 3.18. The molecule has 5 nitrogen and oxygen atoms in total. The summed E-state index contributed by atoms with van der Waals surface area (Å²) in [7, 11) is 4.10. The highest BCUT2D eigenvalue weighted by molar-refractivity contribution is 5.79. The van der Waals surface area contributed by atoms with Gasteiger partial charge in [-0.15, -0.1) is 0 Å². The monoisotopic (exact) mass is 215 g/mol. The summed E-state index contributed by atoms with van der Waals surface area (Å²) in [6.07, 6.45) is 0. The van der Waals surface area contributed by atoms with Crippen LogP contribution in [0.3, 0.4) is 0 Å². The molecule has 15 heavy (non-hydrogen) atoms. The van der Waals surface area contributed by atoms with E-state index in [1.807, 2.05) is 14.1 Å². The number of hydrogen-bond donors (Lipinski definition) is 3. The number of hydrazine groups is 1. The number of nitrogens with two attached hydrogens (primary N) is 1. The largest absolute Gasteiger partial charge is 0.354 e. The second kappa shape index (κ2) is 7.48. The molecule has 5 heteroatoms. The molecule has 0 aromatic heterocycles. The highest BCUT2D eigenvalue weighted by Crippen LogP contribution is 1.92. The van der Waals surface area contributed by atoms with Gasteiger partial charge in [-0.05, 0) is 26.9 Å². The molecule has 0 saturated heterocycles.